The molecule has 1 aromatic rings. The number of methoxy groups -OCH3 is 1. The largest absolute Gasteiger partial charge is 0.507 e. The molecule has 0 aliphatic carbocycles. The third-order valence-corrected chi connectivity index (χ3v) is 9.91. The van der Waals surface area contributed by atoms with Gasteiger partial charge in [-0.3, -0.25) is 4.79 Å². The Labute approximate surface area is 222 Å². The number of ether oxygens (including phenoxy) is 1. The first-order chi connectivity index (χ1) is 16.5. The highest BCUT2D eigenvalue weighted by Gasteiger charge is 2.18. The van der Waals surface area contributed by atoms with Crippen LogP contribution in [0.4, 0.5) is 0 Å². The summed E-state index contributed by atoms with van der Waals surface area (Å²) in [5, 5.41) is 10.7. The quantitative estimate of drug-likeness (QED) is 0.0974. The molecule has 0 saturated heterocycles. The fourth-order valence-electron chi connectivity index (χ4n) is 3.81. The molecule has 1 atom stereocenters. The lowest BCUT2D eigenvalue weighted by atomic mass is 10.1. The van der Waals surface area contributed by atoms with E-state index in [2.05, 4.69) is 26.0 Å². The zero-order valence-corrected chi connectivity index (χ0v) is 24.5. The Hall–Kier alpha value is -0.460. The highest BCUT2D eigenvalue weighted by Crippen LogP contribution is 2.42. The van der Waals surface area contributed by atoms with Crippen molar-refractivity contribution in [3.63, 3.8) is 0 Å². The minimum atomic E-state index is -0.180. The lowest BCUT2D eigenvalue weighted by molar-refractivity contribution is -0.137. The summed E-state index contributed by atoms with van der Waals surface area (Å²) >= 11 is 5.48. The number of phenolic OH excluding ortho intramolecular Hbond substituents is 1. The molecule has 0 bridgehead atoms. The van der Waals surface area contributed by atoms with Gasteiger partial charge in [-0.1, -0.05) is 84.1 Å². The van der Waals surface area contributed by atoms with Crippen LogP contribution in [0.3, 0.4) is 0 Å². The van der Waals surface area contributed by atoms with Crippen molar-refractivity contribution in [2.75, 3.05) is 24.4 Å². The van der Waals surface area contributed by atoms with Gasteiger partial charge in [-0.25, -0.2) is 0 Å². The number of phenols is 1. The molecular formula is C28H48O3S3. The summed E-state index contributed by atoms with van der Waals surface area (Å²) < 4.78 is 5.06. The first-order valence-corrected chi connectivity index (χ1v) is 16.5. The lowest BCUT2D eigenvalue weighted by Gasteiger charge is -2.19. The second kappa shape index (κ2) is 20.7. The smallest absolute Gasteiger partial charge is 0.315 e. The van der Waals surface area contributed by atoms with Crippen molar-refractivity contribution in [1.29, 1.82) is 0 Å². The molecule has 34 heavy (non-hydrogen) atoms. The number of aromatic hydroxyl groups is 1. The van der Waals surface area contributed by atoms with Crippen molar-refractivity contribution < 1.29 is 14.6 Å². The van der Waals surface area contributed by atoms with E-state index in [1.54, 1.807) is 11.8 Å². The molecule has 0 saturated carbocycles. The maximum Gasteiger partial charge on any atom is 0.315 e. The minimum Gasteiger partial charge on any atom is -0.507 e. The number of hydrogen-bond acceptors (Lipinski definition) is 6. The second-order valence-electron chi connectivity index (χ2n) is 9.02. The van der Waals surface area contributed by atoms with Gasteiger partial charge in [-0.05, 0) is 48.5 Å². The Morgan fingerprint density at radius 3 is 2.09 bits per heavy atom. The van der Waals surface area contributed by atoms with Gasteiger partial charge in [0.15, 0.2) is 0 Å². The predicted octanol–water partition coefficient (Wildman–Crippen LogP) is 9.29. The maximum absolute atomic E-state index is 11.8. The number of aryl methyl sites for hydroxylation is 1. The van der Waals surface area contributed by atoms with Crippen LogP contribution in [0.5, 0.6) is 5.75 Å². The first kappa shape index (κ1) is 31.6. The average molecular weight is 529 g/mol. The molecule has 6 heteroatoms. The van der Waals surface area contributed by atoms with Gasteiger partial charge >= 0.3 is 5.97 Å². The van der Waals surface area contributed by atoms with Crippen LogP contribution >= 0.6 is 35.3 Å². The van der Waals surface area contributed by atoms with Crippen LogP contribution in [0.25, 0.3) is 0 Å². The van der Waals surface area contributed by atoms with E-state index in [4.69, 9.17) is 4.74 Å². The van der Waals surface area contributed by atoms with Crippen LogP contribution in [-0.2, 0) is 15.3 Å². The Balaban J connectivity index is 2.67. The van der Waals surface area contributed by atoms with E-state index in [9.17, 15) is 9.90 Å². The van der Waals surface area contributed by atoms with Gasteiger partial charge in [0.2, 0.25) is 0 Å². The van der Waals surface area contributed by atoms with Crippen LogP contribution in [-0.4, -0.2) is 35.4 Å². The van der Waals surface area contributed by atoms with Gasteiger partial charge in [0.25, 0.3) is 0 Å². The molecule has 0 aromatic heterocycles. The molecule has 1 N–H and O–H groups in total. The van der Waals surface area contributed by atoms with E-state index < -0.39 is 0 Å². The molecule has 1 aromatic carbocycles. The summed E-state index contributed by atoms with van der Waals surface area (Å²) in [4.78, 5) is 11.8. The minimum absolute atomic E-state index is 0.177. The number of hydrogen-bond donors (Lipinski definition) is 1. The fourth-order valence-corrected chi connectivity index (χ4v) is 7.33. The van der Waals surface area contributed by atoms with Crippen molar-refractivity contribution in [3.05, 3.63) is 28.8 Å². The maximum atomic E-state index is 11.8. The van der Waals surface area contributed by atoms with Crippen molar-refractivity contribution in [2.24, 2.45) is 0 Å². The summed E-state index contributed by atoms with van der Waals surface area (Å²) in [6, 6.07) is 4.26. The summed E-state index contributed by atoms with van der Waals surface area (Å²) in [6.07, 6.45) is 15.6. The Morgan fingerprint density at radius 1 is 0.882 bits per heavy atom. The van der Waals surface area contributed by atoms with Gasteiger partial charge < -0.3 is 9.84 Å². The monoisotopic (exact) mass is 528 g/mol. The molecule has 1 rings (SSSR count). The average Bonchev–Trinajstić information content (AvgIpc) is 2.84. The lowest BCUT2D eigenvalue weighted by Crippen LogP contribution is -2.05. The number of unbranched alkanes of at least 4 members (excludes halogenated alkanes) is 10. The van der Waals surface area contributed by atoms with E-state index in [1.807, 2.05) is 30.4 Å². The third-order valence-electron chi connectivity index (χ3n) is 5.92. The zero-order chi connectivity index (χ0) is 25.0. The number of esters is 1. The first-order valence-electron chi connectivity index (χ1n) is 13.2. The van der Waals surface area contributed by atoms with Gasteiger partial charge in [0, 0.05) is 11.3 Å². The number of carbonyl (C=O) groups excluding carboxylic acids is 1. The van der Waals surface area contributed by atoms with Crippen molar-refractivity contribution in [2.45, 2.75) is 108 Å². The molecular weight excluding hydrogens is 481 g/mol. The molecule has 196 valence electrons. The molecule has 0 aliphatic rings. The molecule has 1 unspecified atom stereocenters. The molecule has 0 amide bonds. The van der Waals surface area contributed by atoms with Crippen LogP contribution in [0.15, 0.2) is 12.1 Å². The van der Waals surface area contributed by atoms with Crippen molar-refractivity contribution in [3.8, 4) is 5.75 Å². The fraction of sp³-hybridized carbons (Fsp3) is 0.750. The van der Waals surface area contributed by atoms with Crippen LogP contribution < -0.4 is 0 Å². The Kier molecular flexibility index (Phi) is 19.2. The SMILES string of the molecule is CCCCCCCCSCc1cc(C(SCCCCCCCC)SCC(=O)OC)cc(C)c1O. The standard InChI is InChI=1S/C28H48O3S3/c1-5-7-9-11-13-15-17-32-21-25-20-24(19-23(3)27(25)30)28(34-22-26(29)31-4)33-18-16-14-12-10-8-6-2/h19-20,28,30H,5-18,21-22H2,1-4H3. The molecule has 0 fully saturated rings. The van der Waals surface area contributed by atoms with Crippen LogP contribution in [0.1, 0.15) is 112 Å². The number of rotatable bonds is 21. The van der Waals surface area contributed by atoms with Gasteiger partial charge in [-0.2, -0.15) is 11.8 Å². The summed E-state index contributed by atoms with van der Waals surface area (Å²) in [7, 11) is 1.45. The normalized spacial score (nSPS) is 12.1. The van der Waals surface area contributed by atoms with Gasteiger partial charge in [-0.15, -0.1) is 23.5 Å². The summed E-state index contributed by atoms with van der Waals surface area (Å²) in [5.74, 6) is 3.67. The van der Waals surface area contributed by atoms with E-state index in [0.717, 1.165) is 28.4 Å². The summed E-state index contributed by atoms with van der Waals surface area (Å²) in [5.41, 5.74) is 3.15. The van der Waals surface area contributed by atoms with Gasteiger partial charge in [0.1, 0.15) is 5.75 Å². The van der Waals surface area contributed by atoms with E-state index in [1.165, 1.54) is 89.7 Å². The highest BCUT2D eigenvalue weighted by molar-refractivity contribution is 8.16. The molecule has 0 aliphatic heterocycles. The van der Waals surface area contributed by atoms with Crippen molar-refractivity contribution >= 4 is 41.3 Å². The number of carbonyl (C=O) groups is 1. The summed E-state index contributed by atoms with van der Waals surface area (Å²) in [6.45, 7) is 6.49. The van der Waals surface area contributed by atoms with E-state index in [-0.39, 0.29) is 10.6 Å². The van der Waals surface area contributed by atoms with Crippen LogP contribution in [0.2, 0.25) is 0 Å². The van der Waals surface area contributed by atoms with Crippen LogP contribution in [0, 0.1) is 6.92 Å². The highest BCUT2D eigenvalue weighted by atomic mass is 32.2. The third kappa shape index (κ3) is 14.2. The Morgan fingerprint density at radius 2 is 1.47 bits per heavy atom. The molecule has 0 radical (unpaired) electrons. The predicted molar refractivity (Wildman–Crippen MR) is 155 cm³/mol. The zero-order valence-electron chi connectivity index (χ0n) is 22.0. The van der Waals surface area contributed by atoms with Crippen molar-refractivity contribution in [1.82, 2.24) is 0 Å². The topological polar surface area (TPSA) is 46.5 Å². The Bertz CT molecular complexity index is 667. The second-order valence-corrected chi connectivity index (χ2v) is 12.7. The molecule has 0 spiro atoms. The van der Waals surface area contributed by atoms with Gasteiger partial charge in [0.05, 0.1) is 17.4 Å². The molecule has 0 heterocycles. The van der Waals surface area contributed by atoms with E-state index >= 15 is 0 Å². The van der Waals surface area contributed by atoms with E-state index in [0.29, 0.717) is 11.5 Å². The molecule has 3 nitrogen and oxygen atoms in total. The number of thioether (sulfide) groups is 3. The number of benzene rings is 1.